The van der Waals surface area contributed by atoms with Crippen LogP contribution in [0.1, 0.15) is 11.5 Å². The van der Waals surface area contributed by atoms with Crippen LogP contribution in [0.25, 0.3) is 11.1 Å². The number of aliphatic hydroxyl groups excluding tert-OH is 1. The average molecular weight is 463 g/mol. The fourth-order valence-electron chi connectivity index (χ4n) is 5.00. The first-order valence-corrected chi connectivity index (χ1v) is 11.0. The number of hydrogen-bond acceptors (Lipinski definition) is 3. The van der Waals surface area contributed by atoms with E-state index < -0.39 is 11.8 Å². The fraction of sp³-hybridized carbons (Fsp3) is 0.231. The van der Waals surface area contributed by atoms with Crippen LogP contribution in [-0.2, 0) is 4.79 Å². The zero-order valence-corrected chi connectivity index (χ0v) is 18.2. The molecule has 0 unspecified atom stereocenters. The van der Waals surface area contributed by atoms with Crippen molar-refractivity contribution in [2.75, 3.05) is 25.0 Å². The lowest BCUT2D eigenvalue weighted by Gasteiger charge is -2.58. The minimum absolute atomic E-state index is 0.118. The van der Waals surface area contributed by atoms with E-state index in [0.717, 1.165) is 11.1 Å². The summed E-state index contributed by atoms with van der Waals surface area (Å²) in [5.74, 6) is -1.20. The summed E-state index contributed by atoms with van der Waals surface area (Å²) >= 11 is 0. The standard InChI is InChI=1S/C26H23F2N3O3/c27-18-4-3-5-19(12-18)29-26(34)30-13-22-25(23(15-32)31(22)24(33)14-30)17-10-8-16(9-11-17)20-6-1-2-7-21(20)28/h1-12,22-23,25,32H,13-15H2,(H,29,34)/t22-,23-,25+/m1/s1. The molecule has 6 nitrogen and oxygen atoms in total. The lowest BCUT2D eigenvalue weighted by molar-refractivity contribution is -0.159. The molecule has 0 saturated carbocycles. The molecule has 3 aromatic carbocycles. The second-order valence-electron chi connectivity index (χ2n) is 8.57. The Morgan fingerprint density at radius 1 is 1.03 bits per heavy atom. The molecule has 8 heteroatoms. The maximum Gasteiger partial charge on any atom is 0.322 e. The number of carbonyl (C=O) groups excluding carboxylic acids is 2. The van der Waals surface area contributed by atoms with Crippen molar-refractivity contribution in [1.82, 2.24) is 9.80 Å². The number of benzene rings is 3. The van der Waals surface area contributed by atoms with E-state index in [1.165, 1.54) is 29.2 Å². The van der Waals surface area contributed by atoms with Gasteiger partial charge in [-0.05, 0) is 35.4 Å². The molecule has 0 aliphatic carbocycles. The molecule has 0 aromatic heterocycles. The summed E-state index contributed by atoms with van der Waals surface area (Å²) in [5.41, 5.74) is 2.44. The summed E-state index contributed by atoms with van der Waals surface area (Å²) in [6.07, 6.45) is 0. The number of piperazine rings is 1. The summed E-state index contributed by atoms with van der Waals surface area (Å²) in [6, 6.07) is 18.3. The van der Waals surface area contributed by atoms with E-state index in [1.807, 2.05) is 24.3 Å². The van der Waals surface area contributed by atoms with Gasteiger partial charge in [-0.1, -0.05) is 48.5 Å². The van der Waals surface area contributed by atoms with Crippen LogP contribution in [0.4, 0.5) is 19.3 Å². The first-order chi connectivity index (χ1) is 16.5. The molecule has 2 aliphatic heterocycles. The molecule has 3 aromatic rings. The SMILES string of the molecule is O=C(Nc1cccc(F)c1)N1CC(=O)N2[C@H](CO)[C@@H](c3ccc(-c4ccccc4F)cc3)[C@H]2C1. The topological polar surface area (TPSA) is 72.9 Å². The molecule has 174 valence electrons. The molecule has 2 aliphatic rings. The third-order valence-electron chi connectivity index (χ3n) is 6.60. The summed E-state index contributed by atoms with van der Waals surface area (Å²) < 4.78 is 27.6. The highest BCUT2D eigenvalue weighted by atomic mass is 19.1. The highest BCUT2D eigenvalue weighted by molar-refractivity contribution is 5.93. The van der Waals surface area contributed by atoms with Crippen molar-refractivity contribution >= 4 is 17.6 Å². The molecule has 0 bridgehead atoms. The maximum absolute atomic E-state index is 14.1. The third kappa shape index (κ3) is 3.90. The van der Waals surface area contributed by atoms with Crippen LogP contribution >= 0.6 is 0 Å². The normalized spacial score (nSPS) is 21.6. The molecule has 0 spiro atoms. The van der Waals surface area contributed by atoms with E-state index in [4.69, 9.17) is 0 Å². The molecule has 34 heavy (non-hydrogen) atoms. The smallest absolute Gasteiger partial charge is 0.322 e. The molecule has 2 saturated heterocycles. The minimum atomic E-state index is -0.486. The van der Waals surface area contributed by atoms with Crippen LogP contribution in [-0.4, -0.2) is 58.6 Å². The van der Waals surface area contributed by atoms with Crippen molar-refractivity contribution in [3.05, 3.63) is 90.0 Å². The van der Waals surface area contributed by atoms with Gasteiger partial charge in [-0.3, -0.25) is 4.79 Å². The zero-order chi connectivity index (χ0) is 23.8. The lowest BCUT2D eigenvalue weighted by Crippen LogP contribution is -2.73. The largest absolute Gasteiger partial charge is 0.394 e. The van der Waals surface area contributed by atoms with Gasteiger partial charge in [0.25, 0.3) is 0 Å². The van der Waals surface area contributed by atoms with E-state index in [-0.39, 0.29) is 49.4 Å². The second-order valence-corrected chi connectivity index (χ2v) is 8.57. The number of anilines is 1. The van der Waals surface area contributed by atoms with Crippen LogP contribution in [0.3, 0.4) is 0 Å². The van der Waals surface area contributed by atoms with Gasteiger partial charge >= 0.3 is 6.03 Å². The Hall–Kier alpha value is -3.78. The Labute approximate surface area is 195 Å². The van der Waals surface area contributed by atoms with Gasteiger partial charge in [-0.2, -0.15) is 0 Å². The lowest BCUT2D eigenvalue weighted by atomic mass is 9.73. The van der Waals surface area contributed by atoms with Crippen molar-refractivity contribution in [3.63, 3.8) is 0 Å². The maximum atomic E-state index is 14.1. The number of urea groups is 1. The first-order valence-electron chi connectivity index (χ1n) is 11.0. The number of fused-ring (bicyclic) bond motifs is 1. The molecule has 2 N–H and O–H groups in total. The van der Waals surface area contributed by atoms with E-state index in [9.17, 15) is 23.5 Å². The number of amides is 3. The van der Waals surface area contributed by atoms with Crippen LogP contribution in [0, 0.1) is 11.6 Å². The Kier molecular flexibility index (Phi) is 5.75. The Morgan fingerprint density at radius 3 is 2.50 bits per heavy atom. The van der Waals surface area contributed by atoms with Crippen LogP contribution in [0.15, 0.2) is 72.8 Å². The molecular formula is C26H23F2N3O3. The summed E-state index contributed by atoms with van der Waals surface area (Å²) in [6.45, 7) is -0.0341. The number of nitrogens with one attached hydrogen (secondary N) is 1. The quantitative estimate of drug-likeness (QED) is 0.618. The van der Waals surface area contributed by atoms with Crippen LogP contribution < -0.4 is 5.32 Å². The van der Waals surface area contributed by atoms with Gasteiger partial charge in [0.15, 0.2) is 0 Å². The molecule has 3 amide bonds. The molecule has 2 heterocycles. The van der Waals surface area contributed by atoms with Crippen LogP contribution in [0.2, 0.25) is 0 Å². The van der Waals surface area contributed by atoms with E-state index in [1.54, 1.807) is 29.2 Å². The van der Waals surface area contributed by atoms with Gasteiger partial charge in [0.05, 0.1) is 18.7 Å². The number of aliphatic hydroxyl groups is 1. The fourth-order valence-corrected chi connectivity index (χ4v) is 5.00. The van der Waals surface area contributed by atoms with Crippen molar-refractivity contribution in [2.45, 2.75) is 18.0 Å². The van der Waals surface area contributed by atoms with Gasteiger partial charge in [-0.25, -0.2) is 13.6 Å². The molecule has 2 fully saturated rings. The van der Waals surface area contributed by atoms with E-state index in [2.05, 4.69) is 5.32 Å². The van der Waals surface area contributed by atoms with Gasteiger partial charge in [0.1, 0.15) is 18.2 Å². The third-order valence-corrected chi connectivity index (χ3v) is 6.60. The molecule has 0 radical (unpaired) electrons. The van der Waals surface area contributed by atoms with Gasteiger partial charge < -0.3 is 20.2 Å². The van der Waals surface area contributed by atoms with Crippen molar-refractivity contribution in [3.8, 4) is 11.1 Å². The average Bonchev–Trinajstić information content (AvgIpc) is 2.81. The predicted octanol–water partition coefficient (Wildman–Crippen LogP) is 3.83. The van der Waals surface area contributed by atoms with E-state index >= 15 is 0 Å². The summed E-state index contributed by atoms with van der Waals surface area (Å²) in [4.78, 5) is 28.6. The summed E-state index contributed by atoms with van der Waals surface area (Å²) in [7, 11) is 0. The predicted molar refractivity (Wildman–Crippen MR) is 123 cm³/mol. The van der Waals surface area contributed by atoms with Gasteiger partial charge in [-0.15, -0.1) is 0 Å². The highest BCUT2D eigenvalue weighted by Crippen LogP contribution is 2.43. The van der Waals surface area contributed by atoms with Gasteiger partial charge in [0, 0.05) is 23.7 Å². The molecule has 3 atom stereocenters. The second kappa shape index (κ2) is 8.87. The number of halogens is 2. The first kappa shape index (κ1) is 22.0. The monoisotopic (exact) mass is 463 g/mol. The Balaban J connectivity index is 1.35. The Morgan fingerprint density at radius 2 is 1.79 bits per heavy atom. The van der Waals surface area contributed by atoms with Crippen LogP contribution in [0.5, 0.6) is 0 Å². The van der Waals surface area contributed by atoms with Crippen molar-refractivity contribution in [1.29, 1.82) is 0 Å². The molecule has 5 rings (SSSR count). The number of hydrogen-bond donors (Lipinski definition) is 2. The zero-order valence-electron chi connectivity index (χ0n) is 18.2. The number of carbonyl (C=O) groups is 2. The van der Waals surface area contributed by atoms with Crippen molar-refractivity contribution in [2.24, 2.45) is 0 Å². The number of nitrogens with zero attached hydrogens (tertiary/aromatic N) is 2. The minimum Gasteiger partial charge on any atom is -0.394 e. The van der Waals surface area contributed by atoms with Crippen molar-refractivity contribution < 1.29 is 23.5 Å². The highest BCUT2D eigenvalue weighted by Gasteiger charge is 2.54. The van der Waals surface area contributed by atoms with Gasteiger partial charge in [0.2, 0.25) is 5.91 Å². The summed E-state index contributed by atoms with van der Waals surface area (Å²) in [5, 5.41) is 12.6. The Bertz CT molecular complexity index is 1230. The molecular weight excluding hydrogens is 440 g/mol. The van der Waals surface area contributed by atoms with E-state index in [0.29, 0.717) is 11.3 Å². The number of rotatable bonds is 4.